The maximum Gasteiger partial charge on any atom is 0.158 e. The summed E-state index contributed by atoms with van der Waals surface area (Å²) in [7, 11) is 0. The zero-order valence-electron chi connectivity index (χ0n) is 9.86. The van der Waals surface area contributed by atoms with Gasteiger partial charge in [0.15, 0.2) is 5.65 Å². The molecule has 0 bridgehead atoms. The monoisotopic (exact) mass is 355 g/mol. The second-order valence-corrected chi connectivity index (χ2v) is 5.77. The third-order valence-electron chi connectivity index (χ3n) is 2.74. The van der Waals surface area contributed by atoms with Crippen LogP contribution in [0.3, 0.4) is 0 Å². The van der Waals surface area contributed by atoms with E-state index in [9.17, 15) is 0 Å². The Kier molecular flexibility index (Phi) is 3.25. The third kappa shape index (κ3) is 2.24. The van der Waals surface area contributed by atoms with Gasteiger partial charge in [0.25, 0.3) is 0 Å². The molecule has 0 fully saturated rings. The fraction of sp³-hybridized carbons (Fsp3) is 0.0769. The Hall–Kier alpha value is -1.10. The van der Waals surface area contributed by atoms with Gasteiger partial charge in [-0.1, -0.05) is 51.3 Å². The van der Waals surface area contributed by atoms with Crippen molar-refractivity contribution >= 4 is 44.8 Å². The van der Waals surface area contributed by atoms with Crippen molar-refractivity contribution in [1.82, 2.24) is 14.6 Å². The summed E-state index contributed by atoms with van der Waals surface area (Å²) in [5.41, 5.74) is 3.07. The first-order valence-corrected chi connectivity index (χ1v) is 7.08. The second kappa shape index (κ2) is 4.78. The highest BCUT2D eigenvalue weighted by atomic mass is 79.9. The molecule has 0 N–H and O–H groups in total. The van der Waals surface area contributed by atoms with Crippen LogP contribution in [0.2, 0.25) is 10.3 Å². The number of hydrogen-bond acceptors (Lipinski definition) is 2. The molecule has 0 aliphatic carbocycles. The van der Waals surface area contributed by atoms with E-state index in [-0.39, 0.29) is 0 Å². The van der Waals surface area contributed by atoms with Crippen LogP contribution < -0.4 is 0 Å². The second-order valence-electron chi connectivity index (χ2n) is 4.13. The molecular weight excluding hydrogens is 349 g/mol. The van der Waals surface area contributed by atoms with Crippen LogP contribution in [-0.4, -0.2) is 14.6 Å². The SMILES string of the molecule is Cc1cc2nc(Cl)c(-c3cccc(Br)c3)c(Cl)n2n1. The van der Waals surface area contributed by atoms with E-state index in [2.05, 4.69) is 26.0 Å². The molecule has 3 aromatic rings. The summed E-state index contributed by atoms with van der Waals surface area (Å²) in [5.74, 6) is 0. The summed E-state index contributed by atoms with van der Waals surface area (Å²) in [4.78, 5) is 4.33. The molecule has 0 radical (unpaired) electrons. The number of halogens is 3. The number of rotatable bonds is 1. The molecule has 0 spiro atoms. The van der Waals surface area contributed by atoms with E-state index in [0.29, 0.717) is 21.5 Å². The van der Waals surface area contributed by atoms with Crippen LogP contribution in [0.15, 0.2) is 34.8 Å². The molecule has 0 atom stereocenters. The first kappa shape index (κ1) is 12.9. The van der Waals surface area contributed by atoms with Crippen LogP contribution in [0.5, 0.6) is 0 Å². The quantitative estimate of drug-likeness (QED) is 0.587. The molecule has 0 amide bonds. The van der Waals surface area contributed by atoms with E-state index in [1.165, 1.54) is 0 Å². The molecule has 3 nitrogen and oxygen atoms in total. The van der Waals surface area contributed by atoms with Gasteiger partial charge >= 0.3 is 0 Å². The minimum Gasteiger partial charge on any atom is -0.216 e. The summed E-state index contributed by atoms with van der Waals surface area (Å²) in [6, 6.07) is 9.57. The lowest BCUT2D eigenvalue weighted by Gasteiger charge is -2.08. The maximum atomic E-state index is 6.41. The van der Waals surface area contributed by atoms with Gasteiger partial charge in [0.2, 0.25) is 0 Å². The molecule has 2 heterocycles. The average Bonchev–Trinajstić information content (AvgIpc) is 2.70. The molecular formula is C13H8BrCl2N3. The summed E-state index contributed by atoms with van der Waals surface area (Å²) in [5, 5.41) is 5.14. The summed E-state index contributed by atoms with van der Waals surface area (Å²) in [6.45, 7) is 1.89. The van der Waals surface area contributed by atoms with Crippen LogP contribution in [0.25, 0.3) is 16.8 Å². The fourth-order valence-corrected chi connectivity index (χ4v) is 3.00. The number of aryl methyl sites for hydroxylation is 1. The molecule has 3 rings (SSSR count). The zero-order valence-corrected chi connectivity index (χ0v) is 13.0. The minimum atomic E-state index is 0.371. The molecule has 0 saturated carbocycles. The van der Waals surface area contributed by atoms with Crippen molar-refractivity contribution in [1.29, 1.82) is 0 Å². The highest BCUT2D eigenvalue weighted by molar-refractivity contribution is 9.10. The molecule has 6 heteroatoms. The Bertz CT molecular complexity index is 783. The Labute approximate surface area is 128 Å². The van der Waals surface area contributed by atoms with Crippen molar-refractivity contribution in [2.24, 2.45) is 0 Å². The first-order chi connectivity index (χ1) is 9.06. The highest BCUT2D eigenvalue weighted by Crippen LogP contribution is 2.35. The molecule has 0 unspecified atom stereocenters. The summed E-state index contributed by atoms with van der Waals surface area (Å²) >= 11 is 16.1. The van der Waals surface area contributed by atoms with Crippen molar-refractivity contribution < 1.29 is 0 Å². The smallest absolute Gasteiger partial charge is 0.158 e. The lowest BCUT2D eigenvalue weighted by Crippen LogP contribution is -1.97. The summed E-state index contributed by atoms with van der Waals surface area (Å²) in [6.07, 6.45) is 0. The van der Waals surface area contributed by atoms with Crippen molar-refractivity contribution in [2.45, 2.75) is 6.92 Å². The van der Waals surface area contributed by atoms with Crippen molar-refractivity contribution in [3.63, 3.8) is 0 Å². The molecule has 0 aliphatic heterocycles. The topological polar surface area (TPSA) is 30.2 Å². The van der Waals surface area contributed by atoms with Crippen molar-refractivity contribution in [2.75, 3.05) is 0 Å². The van der Waals surface area contributed by atoms with Gasteiger partial charge in [0.05, 0.1) is 11.3 Å². The number of nitrogens with zero attached hydrogens (tertiary/aromatic N) is 3. The summed E-state index contributed by atoms with van der Waals surface area (Å²) < 4.78 is 2.55. The lowest BCUT2D eigenvalue weighted by atomic mass is 10.1. The van der Waals surface area contributed by atoms with Gasteiger partial charge in [-0.05, 0) is 24.6 Å². The Morgan fingerprint density at radius 2 is 2.00 bits per heavy atom. The van der Waals surface area contributed by atoms with E-state index in [4.69, 9.17) is 23.2 Å². The number of hydrogen-bond donors (Lipinski definition) is 0. The first-order valence-electron chi connectivity index (χ1n) is 5.53. The predicted molar refractivity (Wildman–Crippen MR) is 80.9 cm³/mol. The van der Waals surface area contributed by atoms with E-state index in [0.717, 1.165) is 15.7 Å². The van der Waals surface area contributed by atoms with Crippen LogP contribution >= 0.6 is 39.1 Å². The molecule has 19 heavy (non-hydrogen) atoms. The predicted octanol–water partition coefficient (Wildman–Crippen LogP) is 4.77. The molecule has 1 aromatic carbocycles. The minimum absolute atomic E-state index is 0.371. The zero-order chi connectivity index (χ0) is 13.6. The van der Waals surface area contributed by atoms with Crippen LogP contribution in [-0.2, 0) is 0 Å². The molecule has 2 aromatic heterocycles. The van der Waals surface area contributed by atoms with Gasteiger partial charge in [0, 0.05) is 10.5 Å². The molecule has 0 saturated heterocycles. The average molecular weight is 357 g/mol. The van der Waals surface area contributed by atoms with E-state index < -0.39 is 0 Å². The fourth-order valence-electron chi connectivity index (χ4n) is 1.94. The van der Waals surface area contributed by atoms with Gasteiger partial charge in [-0.15, -0.1) is 0 Å². The largest absolute Gasteiger partial charge is 0.216 e. The van der Waals surface area contributed by atoms with Crippen LogP contribution in [0, 0.1) is 6.92 Å². The van der Waals surface area contributed by atoms with Crippen molar-refractivity contribution in [3.8, 4) is 11.1 Å². The third-order valence-corrected chi connectivity index (χ3v) is 3.85. The van der Waals surface area contributed by atoms with Gasteiger partial charge in [-0.25, -0.2) is 9.50 Å². The van der Waals surface area contributed by atoms with E-state index >= 15 is 0 Å². The van der Waals surface area contributed by atoms with Crippen LogP contribution in [0.4, 0.5) is 0 Å². The van der Waals surface area contributed by atoms with Gasteiger partial charge in [-0.3, -0.25) is 0 Å². The van der Waals surface area contributed by atoms with E-state index in [1.54, 1.807) is 4.52 Å². The molecule has 96 valence electrons. The van der Waals surface area contributed by atoms with Crippen molar-refractivity contribution in [3.05, 3.63) is 50.8 Å². The number of fused-ring (bicyclic) bond motifs is 1. The molecule has 0 aliphatic rings. The van der Waals surface area contributed by atoms with Crippen LogP contribution in [0.1, 0.15) is 5.69 Å². The lowest BCUT2D eigenvalue weighted by molar-refractivity contribution is 0.919. The Morgan fingerprint density at radius 1 is 1.21 bits per heavy atom. The van der Waals surface area contributed by atoms with Gasteiger partial charge in [-0.2, -0.15) is 5.10 Å². The Morgan fingerprint density at radius 3 is 2.74 bits per heavy atom. The number of aromatic nitrogens is 3. The normalized spacial score (nSPS) is 11.2. The highest BCUT2D eigenvalue weighted by Gasteiger charge is 2.15. The van der Waals surface area contributed by atoms with Gasteiger partial charge in [0.1, 0.15) is 10.3 Å². The maximum absolute atomic E-state index is 6.41. The standard InChI is InChI=1S/C13H8BrCl2N3/c1-7-5-10-17-12(15)11(13(16)19(10)18-7)8-3-2-4-9(14)6-8/h2-6H,1H3. The van der Waals surface area contributed by atoms with Gasteiger partial charge < -0.3 is 0 Å². The number of benzene rings is 1. The Balaban J connectivity index is 2.34. The van der Waals surface area contributed by atoms with E-state index in [1.807, 2.05) is 37.3 Å².